The number of ether oxygens (including phenoxy) is 2. The van der Waals surface area contributed by atoms with Crippen molar-refractivity contribution in [1.29, 1.82) is 0 Å². The van der Waals surface area contributed by atoms with Crippen LogP contribution in [-0.2, 0) is 6.42 Å². The van der Waals surface area contributed by atoms with Crippen molar-refractivity contribution < 1.29 is 9.47 Å². The zero-order valence-electron chi connectivity index (χ0n) is 14.3. The van der Waals surface area contributed by atoms with E-state index in [1.54, 1.807) is 6.20 Å². The molecule has 2 heterocycles. The molecule has 0 atom stereocenters. The highest BCUT2D eigenvalue weighted by atomic mass is 16.7. The average molecular weight is 348 g/mol. The Hall–Kier alpha value is -3.28. The third-order valence-corrected chi connectivity index (χ3v) is 4.08. The molecule has 0 aliphatic carbocycles. The lowest BCUT2D eigenvalue weighted by atomic mass is 10.1. The normalized spacial score (nSPS) is 12.0. The second-order valence-corrected chi connectivity index (χ2v) is 5.97. The topological polar surface area (TPSA) is 68.3 Å². The Labute approximate surface area is 152 Å². The van der Waals surface area contributed by atoms with Crippen LogP contribution in [0.4, 0.5) is 17.5 Å². The van der Waals surface area contributed by atoms with E-state index >= 15 is 0 Å². The minimum atomic E-state index is 0.262. The van der Waals surface area contributed by atoms with Gasteiger partial charge in [-0.2, -0.15) is 4.98 Å². The summed E-state index contributed by atoms with van der Waals surface area (Å²) < 4.78 is 10.7. The molecular formula is C20H20N4O2. The Kier molecular flexibility index (Phi) is 4.82. The maximum absolute atomic E-state index is 5.39. The number of anilines is 3. The molecule has 0 saturated carbocycles. The molecule has 0 spiro atoms. The van der Waals surface area contributed by atoms with Gasteiger partial charge in [-0.15, -0.1) is 0 Å². The first-order valence-electron chi connectivity index (χ1n) is 8.64. The largest absolute Gasteiger partial charge is 0.454 e. The summed E-state index contributed by atoms with van der Waals surface area (Å²) in [5.41, 5.74) is 2.21. The lowest BCUT2D eigenvalue weighted by molar-refractivity contribution is 0.174. The number of aromatic nitrogens is 2. The van der Waals surface area contributed by atoms with Crippen molar-refractivity contribution in [3.63, 3.8) is 0 Å². The minimum Gasteiger partial charge on any atom is -0.454 e. The summed E-state index contributed by atoms with van der Waals surface area (Å²) in [5, 5.41) is 6.54. The third kappa shape index (κ3) is 4.03. The van der Waals surface area contributed by atoms with Crippen LogP contribution in [0, 0.1) is 0 Å². The van der Waals surface area contributed by atoms with Crippen molar-refractivity contribution in [1.82, 2.24) is 9.97 Å². The molecule has 26 heavy (non-hydrogen) atoms. The van der Waals surface area contributed by atoms with Crippen LogP contribution in [0.3, 0.4) is 0 Å². The van der Waals surface area contributed by atoms with Crippen LogP contribution in [0.1, 0.15) is 12.0 Å². The molecule has 0 radical (unpaired) electrons. The highest BCUT2D eigenvalue weighted by Crippen LogP contribution is 2.34. The summed E-state index contributed by atoms with van der Waals surface area (Å²) in [4.78, 5) is 8.77. The summed E-state index contributed by atoms with van der Waals surface area (Å²) in [6.45, 7) is 1.12. The van der Waals surface area contributed by atoms with Crippen molar-refractivity contribution in [2.45, 2.75) is 12.8 Å². The molecule has 6 heteroatoms. The molecule has 0 unspecified atom stereocenters. The minimum absolute atomic E-state index is 0.262. The summed E-state index contributed by atoms with van der Waals surface area (Å²) in [5.74, 6) is 2.82. The zero-order valence-corrected chi connectivity index (χ0v) is 14.3. The number of aryl methyl sites for hydroxylation is 1. The molecular weight excluding hydrogens is 328 g/mol. The Morgan fingerprint density at radius 3 is 2.77 bits per heavy atom. The standard InChI is InChI=1S/C20H20N4O2/c1-2-5-15(6-3-1)7-4-11-21-19-10-12-22-20(24-19)23-16-8-9-17-18(13-16)26-14-25-17/h1-3,5-6,8-10,12-13H,4,7,11,14H2,(H2,21,22,23,24). The Morgan fingerprint density at radius 1 is 0.962 bits per heavy atom. The van der Waals surface area contributed by atoms with E-state index < -0.39 is 0 Å². The maximum atomic E-state index is 5.39. The van der Waals surface area contributed by atoms with Gasteiger partial charge in [0.15, 0.2) is 11.5 Å². The highest BCUT2D eigenvalue weighted by molar-refractivity contribution is 5.60. The van der Waals surface area contributed by atoms with E-state index in [-0.39, 0.29) is 6.79 Å². The Balaban J connectivity index is 1.31. The molecule has 3 aromatic rings. The van der Waals surface area contributed by atoms with Crippen LogP contribution in [-0.4, -0.2) is 23.3 Å². The van der Waals surface area contributed by atoms with E-state index in [9.17, 15) is 0 Å². The molecule has 6 nitrogen and oxygen atoms in total. The van der Waals surface area contributed by atoms with E-state index in [1.807, 2.05) is 30.3 Å². The number of fused-ring (bicyclic) bond motifs is 1. The van der Waals surface area contributed by atoms with E-state index in [0.29, 0.717) is 5.95 Å². The molecule has 0 saturated heterocycles. The van der Waals surface area contributed by atoms with E-state index in [4.69, 9.17) is 9.47 Å². The van der Waals surface area contributed by atoms with Gasteiger partial charge in [0.05, 0.1) is 0 Å². The third-order valence-electron chi connectivity index (χ3n) is 4.08. The number of nitrogens with zero attached hydrogens (tertiary/aromatic N) is 2. The SMILES string of the molecule is c1ccc(CCCNc2ccnc(Nc3ccc4c(c3)OCO4)n2)cc1. The predicted octanol–water partition coefficient (Wildman–Crippen LogP) is 3.99. The smallest absolute Gasteiger partial charge is 0.231 e. The fourth-order valence-electron chi connectivity index (χ4n) is 2.77. The molecule has 0 bridgehead atoms. The van der Waals surface area contributed by atoms with Crippen LogP contribution < -0.4 is 20.1 Å². The number of nitrogens with one attached hydrogen (secondary N) is 2. The molecule has 0 fully saturated rings. The van der Waals surface area contributed by atoms with Gasteiger partial charge < -0.3 is 20.1 Å². The first-order valence-corrected chi connectivity index (χ1v) is 8.64. The number of hydrogen-bond acceptors (Lipinski definition) is 6. The fraction of sp³-hybridized carbons (Fsp3) is 0.200. The van der Waals surface area contributed by atoms with Gasteiger partial charge in [0.25, 0.3) is 0 Å². The van der Waals surface area contributed by atoms with E-state index in [2.05, 4.69) is 44.9 Å². The van der Waals surface area contributed by atoms with Crippen LogP contribution in [0.25, 0.3) is 0 Å². The van der Waals surface area contributed by atoms with Gasteiger partial charge in [-0.25, -0.2) is 4.98 Å². The Morgan fingerprint density at radius 2 is 1.85 bits per heavy atom. The molecule has 132 valence electrons. The number of hydrogen-bond donors (Lipinski definition) is 2. The summed E-state index contributed by atoms with van der Waals surface area (Å²) in [6.07, 6.45) is 3.82. The quantitative estimate of drug-likeness (QED) is 0.629. The summed E-state index contributed by atoms with van der Waals surface area (Å²) >= 11 is 0. The molecule has 4 rings (SSSR count). The Bertz CT molecular complexity index is 871. The van der Waals surface area contributed by atoms with Gasteiger partial charge in [-0.05, 0) is 36.6 Å². The summed E-state index contributed by atoms with van der Waals surface area (Å²) in [6, 6.07) is 18.0. The maximum Gasteiger partial charge on any atom is 0.231 e. The van der Waals surface area contributed by atoms with Gasteiger partial charge >= 0.3 is 0 Å². The predicted molar refractivity (Wildman–Crippen MR) is 101 cm³/mol. The second-order valence-electron chi connectivity index (χ2n) is 5.97. The zero-order chi connectivity index (χ0) is 17.6. The van der Waals surface area contributed by atoms with Gasteiger partial charge in [0.1, 0.15) is 5.82 Å². The van der Waals surface area contributed by atoms with Gasteiger partial charge in [-0.1, -0.05) is 30.3 Å². The molecule has 2 aromatic carbocycles. The fourth-order valence-corrected chi connectivity index (χ4v) is 2.77. The summed E-state index contributed by atoms with van der Waals surface area (Å²) in [7, 11) is 0. The first-order chi connectivity index (χ1) is 12.9. The van der Waals surface area contributed by atoms with Crippen molar-refractivity contribution in [3.8, 4) is 11.5 Å². The van der Waals surface area contributed by atoms with Crippen molar-refractivity contribution in [2.75, 3.05) is 24.0 Å². The van der Waals surface area contributed by atoms with Crippen molar-refractivity contribution >= 4 is 17.5 Å². The van der Waals surface area contributed by atoms with E-state index in [1.165, 1.54) is 5.56 Å². The molecule has 2 N–H and O–H groups in total. The van der Waals surface area contributed by atoms with Crippen molar-refractivity contribution in [2.24, 2.45) is 0 Å². The van der Waals surface area contributed by atoms with Crippen LogP contribution in [0.5, 0.6) is 11.5 Å². The molecule has 1 aliphatic rings. The van der Waals surface area contributed by atoms with Crippen LogP contribution >= 0.6 is 0 Å². The lowest BCUT2D eigenvalue weighted by Crippen LogP contribution is -2.06. The average Bonchev–Trinajstić information content (AvgIpc) is 3.14. The van der Waals surface area contributed by atoms with Gasteiger partial charge in [0, 0.05) is 24.5 Å². The molecule has 1 aromatic heterocycles. The molecule has 1 aliphatic heterocycles. The van der Waals surface area contributed by atoms with Crippen LogP contribution in [0.15, 0.2) is 60.8 Å². The lowest BCUT2D eigenvalue weighted by Gasteiger charge is -2.09. The van der Waals surface area contributed by atoms with Gasteiger partial charge in [0.2, 0.25) is 12.7 Å². The highest BCUT2D eigenvalue weighted by Gasteiger charge is 2.13. The monoisotopic (exact) mass is 348 g/mol. The van der Waals surface area contributed by atoms with E-state index in [0.717, 1.165) is 42.4 Å². The van der Waals surface area contributed by atoms with Gasteiger partial charge in [-0.3, -0.25) is 0 Å². The number of rotatable bonds is 7. The van der Waals surface area contributed by atoms with Crippen LogP contribution in [0.2, 0.25) is 0 Å². The second kappa shape index (κ2) is 7.74. The van der Waals surface area contributed by atoms with Crippen molar-refractivity contribution in [3.05, 3.63) is 66.4 Å². The first kappa shape index (κ1) is 16.2. The number of benzene rings is 2. The molecule has 0 amide bonds.